The summed E-state index contributed by atoms with van der Waals surface area (Å²) in [7, 11) is 2.25. The molecule has 70 valence electrons. The van der Waals surface area contributed by atoms with Crippen molar-refractivity contribution in [1.82, 2.24) is 9.80 Å². The van der Waals surface area contributed by atoms with Gasteiger partial charge in [-0.15, -0.1) is 0 Å². The highest BCUT2D eigenvalue weighted by Crippen LogP contribution is 2.19. The van der Waals surface area contributed by atoms with Crippen molar-refractivity contribution in [3.05, 3.63) is 0 Å². The van der Waals surface area contributed by atoms with Crippen LogP contribution in [0.15, 0.2) is 0 Å². The van der Waals surface area contributed by atoms with E-state index in [9.17, 15) is 0 Å². The number of nitrogens with zero attached hydrogens (tertiary/aromatic N) is 2. The molecule has 0 N–H and O–H groups in total. The molecular weight excluding hydrogens is 148 g/mol. The van der Waals surface area contributed by atoms with Crippen molar-refractivity contribution in [3.63, 3.8) is 0 Å². The van der Waals surface area contributed by atoms with Crippen LogP contribution < -0.4 is 0 Å². The lowest BCUT2D eigenvalue weighted by molar-refractivity contribution is 0.0925. The van der Waals surface area contributed by atoms with Crippen LogP contribution in [0.25, 0.3) is 0 Å². The number of piperazine rings is 1. The first kappa shape index (κ1) is 8.52. The molecular formula is C10H20N2. The Bertz CT molecular complexity index is 147. The Morgan fingerprint density at radius 1 is 1.00 bits per heavy atom. The maximum absolute atomic E-state index is 2.70. The Labute approximate surface area is 75.5 Å². The van der Waals surface area contributed by atoms with Gasteiger partial charge in [0.2, 0.25) is 0 Å². The van der Waals surface area contributed by atoms with Crippen molar-refractivity contribution in [1.29, 1.82) is 0 Å². The van der Waals surface area contributed by atoms with Gasteiger partial charge in [-0.2, -0.15) is 0 Å². The molecule has 0 amide bonds. The summed E-state index contributed by atoms with van der Waals surface area (Å²) in [6.07, 6.45) is 5.77. The molecule has 0 aromatic rings. The minimum absolute atomic E-state index is 0.881. The molecule has 2 saturated heterocycles. The second-order valence-electron chi connectivity index (χ2n) is 4.30. The second kappa shape index (κ2) is 3.75. The van der Waals surface area contributed by atoms with Crippen molar-refractivity contribution >= 4 is 0 Å². The Hall–Kier alpha value is -0.0800. The normalized spacial score (nSPS) is 34.2. The van der Waals surface area contributed by atoms with Crippen molar-refractivity contribution < 1.29 is 0 Å². The van der Waals surface area contributed by atoms with Crippen LogP contribution in [-0.2, 0) is 0 Å². The zero-order valence-corrected chi connectivity index (χ0v) is 8.13. The minimum Gasteiger partial charge on any atom is -0.304 e. The molecule has 0 aromatic heterocycles. The molecule has 2 nitrogen and oxygen atoms in total. The van der Waals surface area contributed by atoms with Crippen molar-refractivity contribution in [2.45, 2.75) is 31.7 Å². The summed E-state index contributed by atoms with van der Waals surface area (Å²) in [6.45, 7) is 5.25. The molecule has 2 fully saturated rings. The molecule has 2 heterocycles. The first-order chi connectivity index (χ1) is 5.86. The Kier molecular flexibility index (Phi) is 2.66. The lowest BCUT2D eigenvalue weighted by atomic mass is 10.1. The van der Waals surface area contributed by atoms with Gasteiger partial charge in [0.15, 0.2) is 0 Å². The van der Waals surface area contributed by atoms with Crippen LogP contribution in [0.1, 0.15) is 25.7 Å². The van der Waals surface area contributed by atoms with Gasteiger partial charge in [-0.1, -0.05) is 12.8 Å². The number of hydrogen-bond acceptors (Lipinski definition) is 2. The smallest absolute Gasteiger partial charge is 0.0223 e. The van der Waals surface area contributed by atoms with Crippen molar-refractivity contribution in [2.24, 2.45) is 0 Å². The van der Waals surface area contributed by atoms with Gasteiger partial charge in [-0.3, -0.25) is 4.90 Å². The average molecular weight is 168 g/mol. The molecule has 2 aliphatic rings. The quantitative estimate of drug-likeness (QED) is 0.536. The van der Waals surface area contributed by atoms with Crippen LogP contribution in [0.2, 0.25) is 0 Å². The van der Waals surface area contributed by atoms with E-state index in [0.717, 1.165) is 6.04 Å². The minimum atomic E-state index is 0.881. The van der Waals surface area contributed by atoms with Crippen molar-refractivity contribution in [2.75, 3.05) is 33.2 Å². The standard InChI is InChI=1S/C10H20N2/c1-11-7-8-12-6-4-2-3-5-10(12)9-11/h10H,2-9H2,1H3. The van der Waals surface area contributed by atoms with Gasteiger partial charge in [0, 0.05) is 25.7 Å². The monoisotopic (exact) mass is 168 g/mol. The third-order valence-corrected chi connectivity index (χ3v) is 3.29. The first-order valence-electron chi connectivity index (χ1n) is 5.29. The fourth-order valence-corrected chi connectivity index (χ4v) is 2.49. The van der Waals surface area contributed by atoms with Crippen LogP contribution in [0, 0.1) is 0 Å². The zero-order valence-electron chi connectivity index (χ0n) is 8.13. The van der Waals surface area contributed by atoms with E-state index in [-0.39, 0.29) is 0 Å². The predicted octanol–water partition coefficient (Wildman–Crippen LogP) is 1.18. The van der Waals surface area contributed by atoms with E-state index in [1.54, 1.807) is 0 Å². The maximum atomic E-state index is 2.70. The van der Waals surface area contributed by atoms with E-state index in [1.807, 2.05) is 0 Å². The molecule has 0 saturated carbocycles. The van der Waals surface area contributed by atoms with Crippen LogP contribution in [0.3, 0.4) is 0 Å². The molecule has 2 heteroatoms. The highest BCUT2D eigenvalue weighted by molar-refractivity contribution is 4.82. The average Bonchev–Trinajstić information content (AvgIpc) is 2.28. The number of likely N-dealkylation sites (N-methyl/N-ethyl adjacent to an activating group) is 1. The molecule has 0 bridgehead atoms. The number of rotatable bonds is 0. The van der Waals surface area contributed by atoms with E-state index >= 15 is 0 Å². The second-order valence-corrected chi connectivity index (χ2v) is 4.30. The van der Waals surface area contributed by atoms with Crippen LogP contribution in [0.5, 0.6) is 0 Å². The topological polar surface area (TPSA) is 6.48 Å². The first-order valence-corrected chi connectivity index (χ1v) is 5.29. The Morgan fingerprint density at radius 2 is 1.92 bits per heavy atom. The van der Waals surface area contributed by atoms with Crippen LogP contribution >= 0.6 is 0 Å². The molecule has 0 radical (unpaired) electrons. The van der Waals surface area contributed by atoms with Crippen LogP contribution in [0.4, 0.5) is 0 Å². The fraction of sp³-hybridized carbons (Fsp3) is 1.00. The molecule has 1 atom stereocenters. The third kappa shape index (κ3) is 1.80. The van der Waals surface area contributed by atoms with Gasteiger partial charge in [0.05, 0.1) is 0 Å². The van der Waals surface area contributed by atoms with Gasteiger partial charge >= 0.3 is 0 Å². The Morgan fingerprint density at radius 3 is 2.83 bits per heavy atom. The largest absolute Gasteiger partial charge is 0.304 e. The summed E-state index contributed by atoms with van der Waals surface area (Å²) in [5.74, 6) is 0. The fourth-order valence-electron chi connectivity index (χ4n) is 2.49. The summed E-state index contributed by atoms with van der Waals surface area (Å²) in [6, 6.07) is 0.881. The molecule has 0 aromatic carbocycles. The lowest BCUT2D eigenvalue weighted by Crippen LogP contribution is -2.51. The Balaban J connectivity index is 1.94. The SMILES string of the molecule is CN1CCN2CCCCCC2C1. The summed E-state index contributed by atoms with van der Waals surface area (Å²) >= 11 is 0. The highest BCUT2D eigenvalue weighted by Gasteiger charge is 2.25. The molecule has 12 heavy (non-hydrogen) atoms. The van der Waals surface area contributed by atoms with E-state index in [0.29, 0.717) is 0 Å². The van der Waals surface area contributed by atoms with E-state index in [4.69, 9.17) is 0 Å². The molecule has 2 aliphatic heterocycles. The van der Waals surface area contributed by atoms with Crippen molar-refractivity contribution in [3.8, 4) is 0 Å². The summed E-state index contributed by atoms with van der Waals surface area (Å²) in [4.78, 5) is 5.18. The van der Waals surface area contributed by atoms with E-state index < -0.39 is 0 Å². The summed E-state index contributed by atoms with van der Waals surface area (Å²) in [5.41, 5.74) is 0. The molecule has 0 aliphatic carbocycles. The number of fused-ring (bicyclic) bond motifs is 1. The maximum Gasteiger partial charge on any atom is 0.0223 e. The third-order valence-electron chi connectivity index (χ3n) is 3.29. The summed E-state index contributed by atoms with van der Waals surface area (Å²) < 4.78 is 0. The molecule has 0 spiro atoms. The van der Waals surface area contributed by atoms with Gasteiger partial charge in [-0.25, -0.2) is 0 Å². The predicted molar refractivity (Wildman–Crippen MR) is 51.3 cm³/mol. The van der Waals surface area contributed by atoms with E-state index in [1.165, 1.54) is 51.9 Å². The van der Waals surface area contributed by atoms with Gasteiger partial charge in [0.1, 0.15) is 0 Å². The van der Waals surface area contributed by atoms with Gasteiger partial charge in [0.25, 0.3) is 0 Å². The van der Waals surface area contributed by atoms with Gasteiger partial charge in [-0.05, 0) is 26.4 Å². The molecule has 2 rings (SSSR count). The van der Waals surface area contributed by atoms with E-state index in [2.05, 4.69) is 16.8 Å². The highest BCUT2D eigenvalue weighted by atomic mass is 15.3. The van der Waals surface area contributed by atoms with Gasteiger partial charge < -0.3 is 4.90 Å². The van der Waals surface area contributed by atoms with Crippen LogP contribution in [-0.4, -0.2) is 49.1 Å². The zero-order chi connectivity index (χ0) is 8.39. The molecule has 1 unspecified atom stereocenters. The number of hydrogen-bond donors (Lipinski definition) is 0. The summed E-state index contributed by atoms with van der Waals surface area (Å²) in [5, 5.41) is 0. The lowest BCUT2D eigenvalue weighted by Gasteiger charge is -2.38.